The summed E-state index contributed by atoms with van der Waals surface area (Å²) in [5, 5.41) is 0. The summed E-state index contributed by atoms with van der Waals surface area (Å²) < 4.78 is 7.53. The van der Waals surface area contributed by atoms with Crippen LogP contribution >= 0.6 is 23.4 Å². The molecule has 0 spiro atoms. The van der Waals surface area contributed by atoms with E-state index < -0.39 is 0 Å². The first-order valence-electron chi connectivity index (χ1n) is 6.39. The number of hydrogen-bond donors (Lipinski definition) is 0. The molecule has 0 fully saturated rings. The van der Waals surface area contributed by atoms with Gasteiger partial charge in [0.2, 0.25) is 0 Å². The van der Waals surface area contributed by atoms with Gasteiger partial charge in [-0.25, -0.2) is 4.98 Å². The van der Waals surface area contributed by atoms with Crippen LogP contribution in [-0.4, -0.2) is 28.2 Å². The number of imidazole rings is 1. The van der Waals surface area contributed by atoms with Gasteiger partial charge < -0.3 is 9.30 Å². The number of alkyl halides is 1. The largest absolute Gasteiger partial charge is 0.497 e. The number of aromatic nitrogens is 2. The Morgan fingerprint density at radius 1 is 1.47 bits per heavy atom. The quantitative estimate of drug-likeness (QED) is 0.751. The third-order valence-corrected chi connectivity index (χ3v) is 4.46. The number of halogens is 1. The molecular formula is C14H19ClN2OS. The van der Waals surface area contributed by atoms with E-state index in [0.717, 1.165) is 34.1 Å². The molecule has 2 aromatic rings. The predicted molar refractivity (Wildman–Crippen MR) is 83.6 cm³/mol. The molecule has 0 N–H and O–H groups in total. The Morgan fingerprint density at radius 3 is 2.89 bits per heavy atom. The zero-order valence-electron chi connectivity index (χ0n) is 11.5. The maximum absolute atomic E-state index is 6.03. The van der Waals surface area contributed by atoms with Crippen molar-refractivity contribution in [2.24, 2.45) is 0 Å². The number of fused-ring (bicyclic) bond motifs is 1. The molecule has 2 rings (SSSR count). The Hall–Kier alpha value is -0.870. The number of hydrogen-bond acceptors (Lipinski definition) is 3. The highest BCUT2D eigenvalue weighted by Gasteiger charge is 2.15. The average Bonchev–Trinajstić information content (AvgIpc) is 2.82. The molecule has 3 nitrogen and oxygen atoms in total. The van der Waals surface area contributed by atoms with Crippen LogP contribution in [0, 0.1) is 0 Å². The molecule has 0 bridgehead atoms. The second-order valence-electron chi connectivity index (χ2n) is 4.39. The fraction of sp³-hybridized carbons (Fsp3) is 0.500. The molecule has 1 heterocycles. The molecule has 0 saturated carbocycles. The minimum atomic E-state index is 0.371. The van der Waals surface area contributed by atoms with Gasteiger partial charge >= 0.3 is 0 Å². The number of benzene rings is 1. The maximum Gasteiger partial charge on any atom is 0.125 e. The van der Waals surface area contributed by atoms with E-state index >= 15 is 0 Å². The van der Waals surface area contributed by atoms with Crippen LogP contribution < -0.4 is 4.74 Å². The van der Waals surface area contributed by atoms with E-state index in [1.165, 1.54) is 0 Å². The zero-order valence-corrected chi connectivity index (χ0v) is 13.1. The number of ether oxygens (including phenoxy) is 1. The van der Waals surface area contributed by atoms with Gasteiger partial charge in [0.25, 0.3) is 0 Å². The second kappa shape index (κ2) is 6.53. The molecule has 0 aliphatic carbocycles. The summed E-state index contributed by atoms with van der Waals surface area (Å²) in [6, 6.07) is 6.32. The van der Waals surface area contributed by atoms with Gasteiger partial charge in [-0.15, -0.1) is 11.6 Å². The summed E-state index contributed by atoms with van der Waals surface area (Å²) in [7, 11) is 1.68. The lowest BCUT2D eigenvalue weighted by atomic mass is 10.2. The molecule has 19 heavy (non-hydrogen) atoms. The Morgan fingerprint density at radius 2 is 2.26 bits per heavy atom. The molecule has 0 saturated heterocycles. The van der Waals surface area contributed by atoms with Crippen molar-refractivity contribution in [2.45, 2.75) is 25.8 Å². The van der Waals surface area contributed by atoms with Crippen LogP contribution in [-0.2, 0) is 5.88 Å². The van der Waals surface area contributed by atoms with Crippen molar-refractivity contribution < 1.29 is 4.74 Å². The van der Waals surface area contributed by atoms with Crippen LogP contribution in [0.3, 0.4) is 0 Å². The summed E-state index contributed by atoms with van der Waals surface area (Å²) in [6.45, 7) is 4.38. The van der Waals surface area contributed by atoms with Gasteiger partial charge in [-0.2, -0.15) is 11.8 Å². The van der Waals surface area contributed by atoms with Gasteiger partial charge in [0.05, 0.1) is 24.0 Å². The zero-order chi connectivity index (χ0) is 13.8. The van der Waals surface area contributed by atoms with E-state index in [2.05, 4.69) is 23.4 Å². The van der Waals surface area contributed by atoms with E-state index in [4.69, 9.17) is 16.3 Å². The first-order chi connectivity index (χ1) is 9.21. The molecule has 1 unspecified atom stereocenters. The lowest BCUT2D eigenvalue weighted by Crippen LogP contribution is -2.11. The highest BCUT2D eigenvalue weighted by atomic mass is 35.5. The molecule has 0 radical (unpaired) electrons. The molecule has 104 valence electrons. The van der Waals surface area contributed by atoms with Crippen LogP contribution in [0.15, 0.2) is 18.2 Å². The van der Waals surface area contributed by atoms with Crippen molar-refractivity contribution in [1.82, 2.24) is 9.55 Å². The van der Waals surface area contributed by atoms with Gasteiger partial charge in [0.1, 0.15) is 11.6 Å². The van der Waals surface area contributed by atoms with Crippen molar-refractivity contribution in [3.8, 4) is 5.75 Å². The summed E-state index contributed by atoms with van der Waals surface area (Å²) >= 11 is 7.96. The summed E-state index contributed by atoms with van der Waals surface area (Å²) in [6.07, 6.45) is 0. The topological polar surface area (TPSA) is 27.1 Å². The van der Waals surface area contributed by atoms with Crippen LogP contribution in [0.4, 0.5) is 0 Å². The average molecular weight is 299 g/mol. The SMILES string of the molecule is CCSCC(C)n1c(CCl)nc2ccc(OC)cc21. The van der Waals surface area contributed by atoms with Gasteiger partial charge in [-0.1, -0.05) is 6.92 Å². The number of nitrogens with zero attached hydrogens (tertiary/aromatic N) is 2. The highest BCUT2D eigenvalue weighted by molar-refractivity contribution is 7.99. The monoisotopic (exact) mass is 298 g/mol. The van der Waals surface area contributed by atoms with Gasteiger partial charge in [0.15, 0.2) is 0 Å². The van der Waals surface area contributed by atoms with Gasteiger partial charge in [-0.05, 0) is 24.8 Å². The first kappa shape index (κ1) is 14.5. The molecule has 0 amide bonds. The van der Waals surface area contributed by atoms with Crippen LogP contribution in [0.2, 0.25) is 0 Å². The normalized spacial score (nSPS) is 12.8. The lowest BCUT2D eigenvalue weighted by Gasteiger charge is -2.16. The van der Waals surface area contributed by atoms with Crippen molar-refractivity contribution in [1.29, 1.82) is 0 Å². The number of thioether (sulfide) groups is 1. The molecule has 0 aliphatic rings. The van der Waals surface area contributed by atoms with Crippen LogP contribution in [0.1, 0.15) is 25.7 Å². The Kier molecular flexibility index (Phi) is 4.99. The second-order valence-corrected chi connectivity index (χ2v) is 5.98. The third kappa shape index (κ3) is 3.00. The highest BCUT2D eigenvalue weighted by Crippen LogP contribution is 2.27. The lowest BCUT2D eigenvalue weighted by molar-refractivity contribution is 0.415. The number of rotatable bonds is 6. The summed E-state index contributed by atoms with van der Waals surface area (Å²) in [4.78, 5) is 4.60. The van der Waals surface area contributed by atoms with Crippen molar-refractivity contribution in [3.05, 3.63) is 24.0 Å². The standard InChI is InChI=1S/C14H19ClN2OS/c1-4-19-9-10(2)17-13-7-11(18-3)5-6-12(13)16-14(17)8-15/h5-7,10H,4,8-9H2,1-3H3. The summed E-state index contributed by atoms with van der Waals surface area (Å²) in [5.41, 5.74) is 2.07. The predicted octanol–water partition coefficient (Wildman–Crippen LogP) is 4.10. The Bertz CT molecular complexity index is 556. The maximum atomic E-state index is 6.03. The summed E-state index contributed by atoms with van der Waals surface area (Å²) in [5.74, 6) is 4.39. The molecule has 1 aromatic heterocycles. The van der Waals surface area contributed by atoms with Crippen LogP contribution in [0.25, 0.3) is 11.0 Å². The molecule has 5 heteroatoms. The minimum Gasteiger partial charge on any atom is -0.497 e. The minimum absolute atomic E-state index is 0.371. The first-order valence-corrected chi connectivity index (χ1v) is 8.08. The molecular weight excluding hydrogens is 280 g/mol. The Labute approximate surface area is 123 Å². The molecule has 0 aliphatic heterocycles. The van der Waals surface area contributed by atoms with Crippen molar-refractivity contribution >= 4 is 34.4 Å². The van der Waals surface area contributed by atoms with Crippen molar-refractivity contribution in [3.63, 3.8) is 0 Å². The van der Waals surface area contributed by atoms with E-state index in [-0.39, 0.29) is 0 Å². The van der Waals surface area contributed by atoms with E-state index in [9.17, 15) is 0 Å². The van der Waals surface area contributed by atoms with E-state index in [1.807, 2.05) is 30.0 Å². The van der Waals surface area contributed by atoms with Crippen LogP contribution in [0.5, 0.6) is 5.75 Å². The fourth-order valence-corrected chi connectivity index (χ4v) is 3.11. The van der Waals surface area contributed by atoms with Gasteiger partial charge in [-0.3, -0.25) is 0 Å². The Balaban J connectivity index is 2.48. The van der Waals surface area contributed by atoms with Crippen molar-refractivity contribution in [2.75, 3.05) is 18.6 Å². The molecule has 1 atom stereocenters. The van der Waals surface area contributed by atoms with Gasteiger partial charge in [0, 0.05) is 17.9 Å². The fourth-order valence-electron chi connectivity index (χ4n) is 2.20. The molecule has 1 aromatic carbocycles. The smallest absolute Gasteiger partial charge is 0.125 e. The van der Waals surface area contributed by atoms with E-state index in [1.54, 1.807) is 7.11 Å². The van der Waals surface area contributed by atoms with E-state index in [0.29, 0.717) is 11.9 Å². The number of methoxy groups -OCH3 is 1. The third-order valence-electron chi connectivity index (χ3n) is 3.09.